The Morgan fingerprint density at radius 2 is 1.79 bits per heavy atom. The van der Waals surface area contributed by atoms with E-state index in [1.807, 2.05) is 66.9 Å². The Balaban J connectivity index is 1.62. The number of carbonyl (C=O) groups is 2. The van der Waals surface area contributed by atoms with E-state index < -0.39 is 5.54 Å². The number of fused-ring (bicyclic) bond motifs is 3. The van der Waals surface area contributed by atoms with E-state index in [-0.39, 0.29) is 17.9 Å². The van der Waals surface area contributed by atoms with Crippen LogP contribution in [0.4, 0.5) is 5.69 Å². The fraction of sp³-hybridized carbons (Fsp3) is 0.407. The highest BCUT2D eigenvalue weighted by Crippen LogP contribution is 2.37. The van der Waals surface area contributed by atoms with Crippen LogP contribution >= 0.6 is 0 Å². The SMILES string of the molecule is COc1ccc2cc3n(c2c1)CC(C)(C(=O)NC1CCCCC1)N(c1ccc(C)cc1)C3=O. The topological polar surface area (TPSA) is 63.6 Å². The average molecular weight is 446 g/mol. The number of nitrogens with zero attached hydrogens (tertiary/aromatic N) is 2. The van der Waals surface area contributed by atoms with Crippen LogP contribution in [0.5, 0.6) is 5.75 Å². The summed E-state index contributed by atoms with van der Waals surface area (Å²) >= 11 is 0. The number of rotatable bonds is 4. The van der Waals surface area contributed by atoms with Crippen LogP contribution < -0.4 is 15.0 Å². The van der Waals surface area contributed by atoms with Gasteiger partial charge in [0.1, 0.15) is 17.0 Å². The first-order valence-electron chi connectivity index (χ1n) is 11.8. The molecule has 33 heavy (non-hydrogen) atoms. The Labute approximate surface area is 194 Å². The Hall–Kier alpha value is -3.28. The number of methoxy groups -OCH3 is 1. The molecule has 1 fully saturated rings. The largest absolute Gasteiger partial charge is 0.497 e. The molecular formula is C27H31N3O3. The molecule has 5 rings (SSSR count). The van der Waals surface area contributed by atoms with Crippen molar-refractivity contribution in [3.8, 4) is 5.75 Å². The first-order chi connectivity index (χ1) is 15.9. The van der Waals surface area contributed by atoms with Crippen molar-refractivity contribution in [3.63, 3.8) is 0 Å². The molecule has 3 aromatic rings. The van der Waals surface area contributed by atoms with Gasteiger partial charge in [0.15, 0.2) is 0 Å². The lowest BCUT2D eigenvalue weighted by molar-refractivity contribution is -0.127. The quantitative estimate of drug-likeness (QED) is 0.626. The fourth-order valence-electron chi connectivity index (χ4n) is 5.28. The Kier molecular flexibility index (Phi) is 5.39. The van der Waals surface area contributed by atoms with E-state index in [2.05, 4.69) is 5.32 Å². The summed E-state index contributed by atoms with van der Waals surface area (Å²) in [4.78, 5) is 29.5. The average Bonchev–Trinajstić information content (AvgIpc) is 3.18. The zero-order valence-electron chi connectivity index (χ0n) is 19.6. The van der Waals surface area contributed by atoms with Crippen molar-refractivity contribution in [1.82, 2.24) is 9.88 Å². The molecule has 0 saturated heterocycles. The fourth-order valence-corrected chi connectivity index (χ4v) is 5.28. The molecule has 2 amide bonds. The maximum atomic E-state index is 13.9. The molecule has 1 N–H and O–H groups in total. The monoisotopic (exact) mass is 445 g/mol. The van der Waals surface area contributed by atoms with Crippen molar-refractivity contribution in [3.05, 3.63) is 59.8 Å². The van der Waals surface area contributed by atoms with Gasteiger partial charge in [-0.3, -0.25) is 14.5 Å². The molecule has 172 valence electrons. The number of carbonyl (C=O) groups excluding carboxylic acids is 2. The third-order valence-corrected chi connectivity index (χ3v) is 7.21. The molecule has 1 unspecified atom stereocenters. The van der Waals surface area contributed by atoms with Gasteiger partial charge in [0, 0.05) is 23.2 Å². The molecule has 2 heterocycles. The molecule has 1 aliphatic carbocycles. The zero-order chi connectivity index (χ0) is 23.2. The molecule has 1 aromatic heterocycles. The molecule has 2 aliphatic rings. The van der Waals surface area contributed by atoms with Gasteiger partial charge in [0.2, 0.25) is 5.91 Å². The van der Waals surface area contributed by atoms with Crippen LogP contribution in [-0.2, 0) is 11.3 Å². The number of hydrogen-bond acceptors (Lipinski definition) is 3. The summed E-state index contributed by atoms with van der Waals surface area (Å²) < 4.78 is 7.40. The second-order valence-corrected chi connectivity index (χ2v) is 9.60. The summed E-state index contributed by atoms with van der Waals surface area (Å²) in [6, 6.07) is 15.7. The van der Waals surface area contributed by atoms with Gasteiger partial charge in [-0.05, 0) is 57.0 Å². The van der Waals surface area contributed by atoms with E-state index in [4.69, 9.17) is 4.74 Å². The van der Waals surface area contributed by atoms with Crippen LogP contribution in [0, 0.1) is 6.92 Å². The molecule has 0 radical (unpaired) electrons. The number of hydrogen-bond donors (Lipinski definition) is 1. The molecule has 6 heteroatoms. The van der Waals surface area contributed by atoms with Crippen molar-refractivity contribution in [1.29, 1.82) is 0 Å². The second kappa shape index (κ2) is 8.25. The van der Waals surface area contributed by atoms with Crippen LogP contribution in [0.1, 0.15) is 55.1 Å². The number of anilines is 1. The highest BCUT2D eigenvalue weighted by Gasteiger charge is 2.49. The third-order valence-electron chi connectivity index (χ3n) is 7.21. The van der Waals surface area contributed by atoms with E-state index in [1.165, 1.54) is 6.42 Å². The maximum Gasteiger partial charge on any atom is 0.275 e. The summed E-state index contributed by atoms with van der Waals surface area (Å²) in [6.07, 6.45) is 5.48. The van der Waals surface area contributed by atoms with Gasteiger partial charge in [-0.25, -0.2) is 0 Å². The standard InChI is InChI=1S/C27H31N3O3/c1-18-9-12-21(13-10-18)30-25(31)24-15-19-11-14-22(33-3)16-23(19)29(24)17-27(30,2)26(32)28-20-7-5-4-6-8-20/h9-16,20H,4-8,17H2,1-3H3,(H,28,32). The summed E-state index contributed by atoms with van der Waals surface area (Å²) in [7, 11) is 1.63. The molecule has 2 aromatic carbocycles. The second-order valence-electron chi connectivity index (χ2n) is 9.60. The van der Waals surface area contributed by atoms with E-state index in [0.29, 0.717) is 12.2 Å². The molecular weight excluding hydrogens is 414 g/mol. The van der Waals surface area contributed by atoms with Gasteiger partial charge in [-0.15, -0.1) is 0 Å². The van der Waals surface area contributed by atoms with Gasteiger partial charge in [-0.1, -0.05) is 37.0 Å². The minimum absolute atomic E-state index is 0.0984. The number of nitrogens with one attached hydrogen (secondary N) is 1. The van der Waals surface area contributed by atoms with Crippen LogP contribution in [0.2, 0.25) is 0 Å². The van der Waals surface area contributed by atoms with Crippen molar-refractivity contribution < 1.29 is 14.3 Å². The predicted molar refractivity (Wildman–Crippen MR) is 130 cm³/mol. The van der Waals surface area contributed by atoms with Crippen molar-refractivity contribution in [2.45, 2.75) is 64.1 Å². The van der Waals surface area contributed by atoms with Gasteiger partial charge in [-0.2, -0.15) is 0 Å². The van der Waals surface area contributed by atoms with Gasteiger partial charge < -0.3 is 14.6 Å². The third kappa shape index (κ3) is 3.67. The van der Waals surface area contributed by atoms with Gasteiger partial charge in [0.05, 0.1) is 19.2 Å². The van der Waals surface area contributed by atoms with E-state index in [9.17, 15) is 9.59 Å². The molecule has 1 aliphatic heterocycles. The number of benzene rings is 2. The summed E-state index contributed by atoms with van der Waals surface area (Å²) in [5.41, 5.74) is 2.27. The summed E-state index contributed by atoms with van der Waals surface area (Å²) in [6.45, 7) is 4.27. The molecule has 1 saturated carbocycles. The van der Waals surface area contributed by atoms with Crippen LogP contribution in [0.15, 0.2) is 48.5 Å². The smallest absolute Gasteiger partial charge is 0.275 e. The Morgan fingerprint density at radius 3 is 2.48 bits per heavy atom. The lowest BCUT2D eigenvalue weighted by atomic mass is 9.91. The van der Waals surface area contributed by atoms with Crippen LogP contribution in [0.25, 0.3) is 10.9 Å². The Bertz CT molecular complexity index is 1210. The maximum absolute atomic E-state index is 13.9. The minimum Gasteiger partial charge on any atom is -0.497 e. The number of ether oxygens (including phenoxy) is 1. The van der Waals surface area contributed by atoms with Crippen LogP contribution in [0.3, 0.4) is 0 Å². The highest BCUT2D eigenvalue weighted by atomic mass is 16.5. The molecule has 1 atom stereocenters. The van der Waals surface area contributed by atoms with Gasteiger partial charge >= 0.3 is 0 Å². The molecule has 6 nitrogen and oxygen atoms in total. The Morgan fingerprint density at radius 1 is 1.06 bits per heavy atom. The molecule has 0 spiro atoms. The highest BCUT2D eigenvalue weighted by molar-refractivity contribution is 6.14. The zero-order valence-corrected chi connectivity index (χ0v) is 19.6. The normalized spacial score (nSPS) is 21.2. The first kappa shape index (κ1) is 21.6. The lowest BCUT2D eigenvalue weighted by Gasteiger charge is -2.44. The van der Waals surface area contributed by atoms with Crippen molar-refractivity contribution >= 4 is 28.4 Å². The van der Waals surface area contributed by atoms with E-state index in [0.717, 1.165) is 53.6 Å². The number of aryl methyl sites for hydroxylation is 1. The van der Waals surface area contributed by atoms with E-state index >= 15 is 0 Å². The first-order valence-corrected chi connectivity index (χ1v) is 11.8. The van der Waals surface area contributed by atoms with Crippen molar-refractivity contribution in [2.75, 3.05) is 12.0 Å². The van der Waals surface area contributed by atoms with Crippen LogP contribution in [-0.4, -0.2) is 35.1 Å². The lowest BCUT2D eigenvalue weighted by Crippen LogP contribution is -2.65. The summed E-state index contributed by atoms with van der Waals surface area (Å²) in [5.74, 6) is 0.463. The number of amides is 2. The molecule has 0 bridgehead atoms. The van der Waals surface area contributed by atoms with Gasteiger partial charge in [0.25, 0.3) is 5.91 Å². The predicted octanol–water partition coefficient (Wildman–Crippen LogP) is 4.83. The number of aromatic nitrogens is 1. The summed E-state index contributed by atoms with van der Waals surface area (Å²) in [5, 5.41) is 4.24. The van der Waals surface area contributed by atoms with Crippen molar-refractivity contribution in [2.24, 2.45) is 0 Å². The minimum atomic E-state index is -1.06. The van der Waals surface area contributed by atoms with E-state index in [1.54, 1.807) is 12.0 Å².